The minimum Gasteiger partial charge on any atom is -0.396 e. The molecular weight excluding hydrogens is 244 g/mol. The zero-order valence-corrected chi connectivity index (χ0v) is 11.7. The highest BCUT2D eigenvalue weighted by Gasteiger charge is 2.21. The normalized spacial score (nSPS) is 28.1. The maximum atomic E-state index is 9.24. The summed E-state index contributed by atoms with van der Waals surface area (Å²) >= 11 is 2.09. The number of aryl methyl sites for hydroxylation is 1. The topological polar surface area (TPSA) is 38.0 Å². The van der Waals surface area contributed by atoms with Crippen molar-refractivity contribution >= 4 is 11.8 Å². The molecule has 100 valence electrons. The lowest BCUT2D eigenvalue weighted by molar-refractivity contribution is 0.199. The largest absolute Gasteiger partial charge is 0.396 e. The molecular formula is C14H22N2OS. The number of nitrogens with zero attached hydrogens (tertiary/aromatic N) is 2. The molecule has 0 bridgehead atoms. The lowest BCUT2D eigenvalue weighted by atomic mass is 9.99. The van der Waals surface area contributed by atoms with Gasteiger partial charge in [0.2, 0.25) is 0 Å². The molecule has 3 nitrogen and oxygen atoms in total. The molecule has 2 aliphatic heterocycles. The van der Waals surface area contributed by atoms with E-state index in [1.807, 2.05) is 0 Å². The summed E-state index contributed by atoms with van der Waals surface area (Å²) in [6, 6.07) is 0. The minimum absolute atomic E-state index is 0.307. The molecule has 0 saturated carbocycles. The molecule has 1 fully saturated rings. The standard InChI is InChI=1S/C14H22N2OS/c17-9-11-3-4-16-8-13(15-14(16)7-11)6-12-2-1-5-18-10-12/h8,11-12,17H,1-7,9-10H2. The predicted molar refractivity (Wildman–Crippen MR) is 74.9 cm³/mol. The fourth-order valence-corrected chi connectivity index (χ4v) is 4.23. The van der Waals surface area contributed by atoms with Crippen LogP contribution < -0.4 is 0 Å². The van der Waals surface area contributed by atoms with Gasteiger partial charge in [0.1, 0.15) is 5.82 Å². The molecule has 3 heterocycles. The Morgan fingerprint density at radius 2 is 2.33 bits per heavy atom. The van der Waals surface area contributed by atoms with Crippen LogP contribution in [0.4, 0.5) is 0 Å². The van der Waals surface area contributed by atoms with Crippen molar-refractivity contribution in [2.24, 2.45) is 11.8 Å². The van der Waals surface area contributed by atoms with Crippen LogP contribution in [0, 0.1) is 11.8 Å². The number of hydrogen-bond acceptors (Lipinski definition) is 3. The monoisotopic (exact) mass is 266 g/mol. The van der Waals surface area contributed by atoms with E-state index in [0.717, 1.165) is 31.7 Å². The number of rotatable bonds is 3. The van der Waals surface area contributed by atoms with Crippen molar-refractivity contribution in [2.75, 3.05) is 18.1 Å². The van der Waals surface area contributed by atoms with Crippen LogP contribution in [0.5, 0.6) is 0 Å². The van der Waals surface area contributed by atoms with Crippen LogP contribution in [0.2, 0.25) is 0 Å². The van der Waals surface area contributed by atoms with Crippen molar-refractivity contribution in [2.45, 2.75) is 38.6 Å². The van der Waals surface area contributed by atoms with E-state index >= 15 is 0 Å². The molecule has 0 aromatic carbocycles. The van der Waals surface area contributed by atoms with Crippen LogP contribution in [0.1, 0.15) is 30.8 Å². The molecule has 4 heteroatoms. The fraction of sp³-hybridized carbons (Fsp3) is 0.786. The summed E-state index contributed by atoms with van der Waals surface area (Å²) in [5.41, 5.74) is 1.27. The third-order valence-corrected chi connectivity index (χ3v) is 5.45. The van der Waals surface area contributed by atoms with Gasteiger partial charge in [0.05, 0.1) is 5.69 Å². The first-order chi connectivity index (χ1) is 8.85. The lowest BCUT2D eigenvalue weighted by Crippen LogP contribution is -2.21. The van der Waals surface area contributed by atoms with Crippen molar-refractivity contribution in [1.82, 2.24) is 9.55 Å². The average Bonchev–Trinajstić information content (AvgIpc) is 2.80. The number of aliphatic hydroxyl groups is 1. The Kier molecular flexibility index (Phi) is 3.94. The molecule has 1 aromatic rings. The molecule has 1 saturated heterocycles. The molecule has 3 rings (SSSR count). The van der Waals surface area contributed by atoms with E-state index in [9.17, 15) is 5.11 Å². The molecule has 0 radical (unpaired) electrons. The van der Waals surface area contributed by atoms with Crippen LogP contribution >= 0.6 is 11.8 Å². The van der Waals surface area contributed by atoms with Crippen LogP contribution in [0.3, 0.4) is 0 Å². The van der Waals surface area contributed by atoms with E-state index in [1.165, 1.54) is 35.9 Å². The van der Waals surface area contributed by atoms with E-state index < -0.39 is 0 Å². The third-order valence-electron chi connectivity index (χ3n) is 4.17. The van der Waals surface area contributed by atoms with Gasteiger partial charge in [0.15, 0.2) is 0 Å². The van der Waals surface area contributed by atoms with Crippen LogP contribution in [0.15, 0.2) is 6.20 Å². The molecule has 1 aromatic heterocycles. The summed E-state index contributed by atoms with van der Waals surface area (Å²) < 4.78 is 2.30. The van der Waals surface area contributed by atoms with Gasteiger partial charge in [-0.05, 0) is 49.0 Å². The first kappa shape index (κ1) is 12.5. The molecule has 0 amide bonds. The second-order valence-corrected chi connectivity index (χ2v) is 6.82. The molecule has 1 N–H and O–H groups in total. The molecule has 0 spiro atoms. The van der Waals surface area contributed by atoms with Crippen LogP contribution in [-0.2, 0) is 19.4 Å². The number of thioether (sulfide) groups is 1. The third kappa shape index (κ3) is 2.75. The molecule has 2 unspecified atom stereocenters. The fourth-order valence-electron chi connectivity index (χ4n) is 3.07. The molecule has 2 atom stereocenters. The van der Waals surface area contributed by atoms with E-state index in [2.05, 4.69) is 22.5 Å². The molecule has 2 aliphatic rings. The van der Waals surface area contributed by atoms with Crippen molar-refractivity contribution in [1.29, 1.82) is 0 Å². The number of aliphatic hydroxyl groups excluding tert-OH is 1. The van der Waals surface area contributed by atoms with Gasteiger partial charge < -0.3 is 9.67 Å². The van der Waals surface area contributed by atoms with Crippen LogP contribution in [-0.4, -0.2) is 32.8 Å². The smallest absolute Gasteiger partial charge is 0.109 e. The predicted octanol–water partition coefficient (Wildman–Crippen LogP) is 2.12. The highest BCUT2D eigenvalue weighted by molar-refractivity contribution is 7.99. The van der Waals surface area contributed by atoms with E-state index in [1.54, 1.807) is 0 Å². The van der Waals surface area contributed by atoms with Gasteiger partial charge in [-0.3, -0.25) is 0 Å². The van der Waals surface area contributed by atoms with Gasteiger partial charge in [-0.15, -0.1) is 0 Å². The Hall–Kier alpha value is -0.480. The Morgan fingerprint density at radius 3 is 3.11 bits per heavy atom. The second-order valence-electron chi connectivity index (χ2n) is 5.67. The number of imidazole rings is 1. The summed E-state index contributed by atoms with van der Waals surface area (Å²) in [6.45, 7) is 1.34. The maximum Gasteiger partial charge on any atom is 0.109 e. The Labute approximate surface area is 113 Å². The zero-order chi connectivity index (χ0) is 12.4. The van der Waals surface area contributed by atoms with Crippen molar-refractivity contribution in [3.05, 3.63) is 17.7 Å². The van der Waals surface area contributed by atoms with Crippen LogP contribution in [0.25, 0.3) is 0 Å². The number of hydrogen-bond donors (Lipinski definition) is 1. The zero-order valence-electron chi connectivity index (χ0n) is 10.8. The van der Waals surface area contributed by atoms with E-state index in [0.29, 0.717) is 12.5 Å². The molecule has 0 aliphatic carbocycles. The first-order valence-corrected chi connectivity index (χ1v) is 8.24. The summed E-state index contributed by atoms with van der Waals surface area (Å²) in [4.78, 5) is 4.79. The van der Waals surface area contributed by atoms with E-state index in [-0.39, 0.29) is 0 Å². The summed E-state index contributed by atoms with van der Waals surface area (Å²) in [5, 5.41) is 9.24. The SMILES string of the molecule is OCC1CCn2cc(CC3CCCSC3)nc2C1. The highest BCUT2D eigenvalue weighted by Crippen LogP contribution is 2.26. The number of aromatic nitrogens is 2. The van der Waals surface area contributed by atoms with Crippen molar-refractivity contribution in [3.63, 3.8) is 0 Å². The maximum absolute atomic E-state index is 9.24. The highest BCUT2D eigenvalue weighted by atomic mass is 32.2. The second kappa shape index (κ2) is 5.66. The Balaban J connectivity index is 1.65. The van der Waals surface area contributed by atoms with Crippen molar-refractivity contribution in [3.8, 4) is 0 Å². The van der Waals surface area contributed by atoms with Gasteiger partial charge in [-0.2, -0.15) is 11.8 Å². The summed E-state index contributed by atoms with van der Waals surface area (Å²) in [6.07, 6.45) is 8.19. The lowest BCUT2D eigenvalue weighted by Gasteiger charge is -2.20. The van der Waals surface area contributed by atoms with Gasteiger partial charge in [-0.1, -0.05) is 0 Å². The first-order valence-electron chi connectivity index (χ1n) is 7.08. The summed E-state index contributed by atoms with van der Waals surface area (Å²) in [7, 11) is 0. The van der Waals surface area contributed by atoms with Gasteiger partial charge in [-0.25, -0.2) is 4.98 Å². The van der Waals surface area contributed by atoms with Gasteiger partial charge in [0.25, 0.3) is 0 Å². The quantitative estimate of drug-likeness (QED) is 0.910. The number of fused-ring (bicyclic) bond motifs is 1. The Morgan fingerprint density at radius 1 is 1.39 bits per heavy atom. The molecule has 18 heavy (non-hydrogen) atoms. The average molecular weight is 266 g/mol. The van der Waals surface area contributed by atoms with Gasteiger partial charge >= 0.3 is 0 Å². The van der Waals surface area contributed by atoms with Crippen molar-refractivity contribution < 1.29 is 5.11 Å². The Bertz CT molecular complexity index is 398. The minimum atomic E-state index is 0.307. The van der Waals surface area contributed by atoms with E-state index in [4.69, 9.17) is 4.98 Å². The van der Waals surface area contributed by atoms with Gasteiger partial charge in [0, 0.05) is 25.8 Å². The summed E-state index contributed by atoms with van der Waals surface area (Å²) in [5.74, 6) is 5.10.